The minimum atomic E-state index is -0.598. The number of ether oxygens (including phenoxy) is 1. The number of hydrogen-bond acceptors (Lipinski definition) is 3. The van der Waals surface area contributed by atoms with Crippen molar-refractivity contribution in [1.82, 2.24) is 0 Å². The number of carbonyl (C=O) groups is 2. The van der Waals surface area contributed by atoms with E-state index in [9.17, 15) is 9.59 Å². The molecular formula is C7H12O3. The van der Waals surface area contributed by atoms with Crippen LogP contribution in [0.2, 0.25) is 0 Å². The van der Waals surface area contributed by atoms with Crippen molar-refractivity contribution in [2.75, 3.05) is 0 Å². The third-order valence-corrected chi connectivity index (χ3v) is 0.963. The van der Waals surface area contributed by atoms with Gasteiger partial charge in [0.05, 0.1) is 0 Å². The van der Waals surface area contributed by atoms with Gasteiger partial charge in [-0.15, -0.1) is 0 Å². The van der Waals surface area contributed by atoms with Crippen LogP contribution in [0.15, 0.2) is 0 Å². The Hall–Kier alpha value is -0.860. The van der Waals surface area contributed by atoms with Crippen LogP contribution in [0, 0.1) is 0 Å². The molecule has 0 spiro atoms. The fourth-order valence-corrected chi connectivity index (χ4v) is 0.498. The summed E-state index contributed by atoms with van der Waals surface area (Å²) in [6.07, 6.45) is 1.15. The molecule has 10 heavy (non-hydrogen) atoms. The molecule has 0 aromatic rings. The van der Waals surface area contributed by atoms with Gasteiger partial charge < -0.3 is 4.74 Å². The lowest BCUT2D eigenvalue weighted by atomic mass is 10.3. The summed E-state index contributed by atoms with van der Waals surface area (Å²) < 4.78 is 4.63. The maximum Gasteiger partial charge on any atom is 0.306 e. The molecule has 58 valence electrons. The minimum absolute atomic E-state index is 0.304. The summed E-state index contributed by atoms with van der Waals surface area (Å²) in [7, 11) is 0. The Morgan fingerprint density at radius 3 is 2.70 bits per heavy atom. The molecule has 1 unspecified atom stereocenters. The van der Waals surface area contributed by atoms with E-state index in [1.807, 2.05) is 6.92 Å². The molecule has 0 aliphatic rings. The van der Waals surface area contributed by atoms with Crippen molar-refractivity contribution in [1.29, 1.82) is 0 Å². The van der Waals surface area contributed by atoms with Crippen LogP contribution < -0.4 is 0 Å². The second-order valence-corrected chi connectivity index (χ2v) is 2.08. The fourth-order valence-electron chi connectivity index (χ4n) is 0.498. The molecule has 0 amide bonds. The number of aldehydes is 1. The zero-order valence-corrected chi connectivity index (χ0v) is 6.29. The topological polar surface area (TPSA) is 43.4 Å². The molecule has 0 aliphatic heterocycles. The third-order valence-electron chi connectivity index (χ3n) is 0.963. The van der Waals surface area contributed by atoms with Crippen LogP contribution in [0.25, 0.3) is 0 Å². The molecule has 0 rings (SSSR count). The van der Waals surface area contributed by atoms with E-state index in [-0.39, 0.29) is 5.97 Å². The summed E-state index contributed by atoms with van der Waals surface area (Å²) in [5, 5.41) is 0. The van der Waals surface area contributed by atoms with E-state index < -0.39 is 6.10 Å². The summed E-state index contributed by atoms with van der Waals surface area (Å²) >= 11 is 0. The number of esters is 1. The maximum atomic E-state index is 10.6. The van der Waals surface area contributed by atoms with E-state index in [0.29, 0.717) is 12.7 Å². The zero-order valence-electron chi connectivity index (χ0n) is 6.29. The first-order valence-corrected chi connectivity index (χ1v) is 3.35. The summed E-state index contributed by atoms with van der Waals surface area (Å²) in [4.78, 5) is 20.6. The molecule has 3 nitrogen and oxygen atoms in total. The van der Waals surface area contributed by atoms with Crippen LogP contribution >= 0.6 is 0 Å². The van der Waals surface area contributed by atoms with Crippen LogP contribution in [0.4, 0.5) is 0 Å². The molecule has 0 saturated carbocycles. The molecule has 0 saturated heterocycles. The monoisotopic (exact) mass is 144 g/mol. The van der Waals surface area contributed by atoms with E-state index in [2.05, 4.69) is 4.74 Å². The maximum absolute atomic E-state index is 10.6. The van der Waals surface area contributed by atoms with Gasteiger partial charge in [0.25, 0.3) is 0 Å². The van der Waals surface area contributed by atoms with Gasteiger partial charge in [0.2, 0.25) is 0 Å². The van der Waals surface area contributed by atoms with Crippen molar-refractivity contribution in [2.24, 2.45) is 0 Å². The van der Waals surface area contributed by atoms with Gasteiger partial charge in [0.1, 0.15) is 0 Å². The molecule has 3 heteroatoms. The van der Waals surface area contributed by atoms with Crippen LogP contribution in [-0.4, -0.2) is 18.4 Å². The molecule has 1 atom stereocenters. The van der Waals surface area contributed by atoms with Gasteiger partial charge in [-0.3, -0.25) is 9.59 Å². The third kappa shape index (κ3) is 4.06. The van der Waals surface area contributed by atoms with Gasteiger partial charge in [-0.1, -0.05) is 6.92 Å². The van der Waals surface area contributed by atoms with E-state index in [1.54, 1.807) is 6.92 Å². The lowest BCUT2D eigenvalue weighted by Crippen LogP contribution is -2.15. The Kier molecular flexibility index (Phi) is 4.54. The highest BCUT2D eigenvalue weighted by Gasteiger charge is 2.05. The molecule has 0 bridgehead atoms. The predicted octanol–water partition coefficient (Wildman–Crippen LogP) is 0.917. The Morgan fingerprint density at radius 2 is 2.30 bits per heavy atom. The van der Waals surface area contributed by atoms with Gasteiger partial charge in [-0.25, -0.2) is 0 Å². The highest BCUT2D eigenvalue weighted by atomic mass is 16.5. The SMILES string of the molecule is CCCC(=O)OC(C)C=O. The van der Waals surface area contributed by atoms with E-state index in [0.717, 1.165) is 6.42 Å². The Labute approximate surface area is 60.4 Å². The minimum Gasteiger partial charge on any atom is -0.455 e. The van der Waals surface area contributed by atoms with E-state index in [1.165, 1.54) is 0 Å². The molecule has 0 radical (unpaired) electrons. The van der Waals surface area contributed by atoms with Crippen molar-refractivity contribution in [3.63, 3.8) is 0 Å². The normalized spacial score (nSPS) is 12.2. The second kappa shape index (κ2) is 4.97. The van der Waals surface area contributed by atoms with Crippen LogP contribution in [0.5, 0.6) is 0 Å². The first kappa shape index (κ1) is 9.14. The molecule has 0 aliphatic carbocycles. The van der Waals surface area contributed by atoms with Crippen molar-refractivity contribution in [3.05, 3.63) is 0 Å². The summed E-state index contributed by atoms with van der Waals surface area (Å²) in [6, 6.07) is 0. The van der Waals surface area contributed by atoms with Gasteiger partial charge >= 0.3 is 5.97 Å². The second-order valence-electron chi connectivity index (χ2n) is 2.08. The number of hydrogen-bond donors (Lipinski definition) is 0. The summed E-state index contributed by atoms with van der Waals surface area (Å²) in [6.45, 7) is 3.42. The van der Waals surface area contributed by atoms with Gasteiger partial charge in [-0.05, 0) is 13.3 Å². The summed E-state index contributed by atoms with van der Waals surface area (Å²) in [5.74, 6) is -0.304. The first-order chi connectivity index (χ1) is 4.70. The Bertz CT molecular complexity index is 120. The van der Waals surface area contributed by atoms with Crippen molar-refractivity contribution >= 4 is 12.3 Å². The van der Waals surface area contributed by atoms with Crippen molar-refractivity contribution in [2.45, 2.75) is 32.8 Å². The van der Waals surface area contributed by atoms with Crippen molar-refractivity contribution in [3.8, 4) is 0 Å². The largest absolute Gasteiger partial charge is 0.455 e. The lowest BCUT2D eigenvalue weighted by molar-refractivity contribution is -0.150. The first-order valence-electron chi connectivity index (χ1n) is 3.35. The van der Waals surface area contributed by atoms with Crippen LogP contribution in [0.3, 0.4) is 0 Å². The molecule has 0 heterocycles. The van der Waals surface area contributed by atoms with Gasteiger partial charge in [-0.2, -0.15) is 0 Å². The fraction of sp³-hybridized carbons (Fsp3) is 0.714. The molecule has 0 aromatic carbocycles. The highest BCUT2D eigenvalue weighted by Crippen LogP contribution is 1.94. The average molecular weight is 144 g/mol. The number of rotatable bonds is 4. The van der Waals surface area contributed by atoms with Crippen LogP contribution in [0.1, 0.15) is 26.7 Å². The molecule has 0 N–H and O–H groups in total. The lowest BCUT2D eigenvalue weighted by Gasteiger charge is -2.04. The average Bonchev–Trinajstić information content (AvgIpc) is 1.88. The van der Waals surface area contributed by atoms with E-state index >= 15 is 0 Å². The Morgan fingerprint density at radius 1 is 1.70 bits per heavy atom. The molecule has 0 fully saturated rings. The molecule has 0 aromatic heterocycles. The standard InChI is InChI=1S/C7H12O3/c1-3-4-7(9)10-6(2)5-8/h5-6H,3-4H2,1-2H3. The zero-order chi connectivity index (χ0) is 7.98. The quantitative estimate of drug-likeness (QED) is 0.435. The van der Waals surface area contributed by atoms with Crippen LogP contribution in [-0.2, 0) is 14.3 Å². The highest BCUT2D eigenvalue weighted by molar-refractivity contribution is 5.72. The summed E-state index contributed by atoms with van der Waals surface area (Å²) in [5.41, 5.74) is 0. The number of carbonyl (C=O) groups excluding carboxylic acids is 2. The van der Waals surface area contributed by atoms with Gasteiger partial charge in [0, 0.05) is 6.42 Å². The smallest absolute Gasteiger partial charge is 0.306 e. The molecular weight excluding hydrogens is 132 g/mol. The van der Waals surface area contributed by atoms with Crippen molar-refractivity contribution < 1.29 is 14.3 Å². The Balaban J connectivity index is 3.46. The predicted molar refractivity (Wildman–Crippen MR) is 36.5 cm³/mol. The van der Waals surface area contributed by atoms with E-state index in [4.69, 9.17) is 0 Å². The van der Waals surface area contributed by atoms with Gasteiger partial charge in [0.15, 0.2) is 12.4 Å².